The highest BCUT2D eigenvalue weighted by Crippen LogP contribution is 2.30. The average molecular weight is 273 g/mol. The summed E-state index contributed by atoms with van der Waals surface area (Å²) < 4.78 is 0. The van der Waals surface area contributed by atoms with Crippen LogP contribution in [-0.2, 0) is 12.8 Å². The molecule has 1 aromatic carbocycles. The Morgan fingerprint density at radius 1 is 1.00 bits per heavy atom. The first-order valence-corrected chi connectivity index (χ1v) is 8.61. The zero-order chi connectivity index (χ0) is 14.4. The quantitative estimate of drug-likeness (QED) is 0.736. The number of rotatable bonds is 5. The zero-order valence-electron chi connectivity index (χ0n) is 13.3. The van der Waals surface area contributed by atoms with Crippen molar-refractivity contribution in [1.82, 2.24) is 0 Å². The Labute approximate surface area is 125 Å². The lowest BCUT2D eigenvalue weighted by molar-refractivity contribution is 0.393. The minimum Gasteiger partial charge on any atom is -0.324 e. The van der Waals surface area contributed by atoms with Crippen molar-refractivity contribution < 1.29 is 0 Å². The molecule has 112 valence electrons. The molecule has 2 rings (SSSR count). The summed E-state index contributed by atoms with van der Waals surface area (Å²) in [6.45, 7) is 4.48. The summed E-state index contributed by atoms with van der Waals surface area (Å²) in [7, 11) is 0. The van der Waals surface area contributed by atoms with Gasteiger partial charge in [-0.1, -0.05) is 70.6 Å². The van der Waals surface area contributed by atoms with Gasteiger partial charge in [-0.15, -0.1) is 0 Å². The van der Waals surface area contributed by atoms with Crippen molar-refractivity contribution in [2.45, 2.75) is 77.7 Å². The normalized spacial score (nSPS) is 18.8. The molecule has 1 heteroatoms. The number of hydrogen-bond donors (Lipinski definition) is 1. The third kappa shape index (κ3) is 4.09. The summed E-state index contributed by atoms with van der Waals surface area (Å²) in [5.41, 5.74) is 10.8. The summed E-state index contributed by atoms with van der Waals surface area (Å²) >= 11 is 0. The fourth-order valence-corrected chi connectivity index (χ4v) is 3.65. The van der Waals surface area contributed by atoms with Crippen molar-refractivity contribution in [3.8, 4) is 0 Å². The van der Waals surface area contributed by atoms with Gasteiger partial charge in [0.1, 0.15) is 0 Å². The highest BCUT2D eigenvalue weighted by Gasteiger charge is 2.17. The minimum atomic E-state index is 0.231. The zero-order valence-corrected chi connectivity index (χ0v) is 13.3. The van der Waals surface area contributed by atoms with E-state index < -0.39 is 0 Å². The van der Waals surface area contributed by atoms with Crippen molar-refractivity contribution in [3.05, 3.63) is 34.9 Å². The molecule has 0 amide bonds. The van der Waals surface area contributed by atoms with Crippen LogP contribution < -0.4 is 5.73 Å². The highest BCUT2D eigenvalue weighted by molar-refractivity contribution is 5.33. The number of aryl methyl sites for hydroxylation is 2. The van der Waals surface area contributed by atoms with Gasteiger partial charge >= 0.3 is 0 Å². The van der Waals surface area contributed by atoms with E-state index in [2.05, 4.69) is 32.0 Å². The molecule has 0 heterocycles. The second-order valence-electron chi connectivity index (χ2n) is 6.44. The van der Waals surface area contributed by atoms with Gasteiger partial charge in [0.2, 0.25) is 0 Å². The van der Waals surface area contributed by atoms with Crippen molar-refractivity contribution in [1.29, 1.82) is 0 Å². The molecule has 0 radical (unpaired) electrons. The Hall–Kier alpha value is -0.820. The molecule has 0 aromatic heterocycles. The van der Waals surface area contributed by atoms with Crippen LogP contribution >= 0.6 is 0 Å². The molecule has 1 atom stereocenters. The van der Waals surface area contributed by atoms with Crippen molar-refractivity contribution in [2.75, 3.05) is 0 Å². The molecule has 0 saturated heterocycles. The molecule has 0 bridgehead atoms. The smallest absolute Gasteiger partial charge is 0.0297 e. The summed E-state index contributed by atoms with van der Waals surface area (Å²) in [5, 5.41) is 0. The molecule has 1 unspecified atom stereocenters. The highest BCUT2D eigenvalue weighted by atomic mass is 14.6. The SMILES string of the molecule is CCc1ccc(C(N)CC2CCCCCC2)cc1CC. The summed E-state index contributed by atoms with van der Waals surface area (Å²) in [4.78, 5) is 0. The largest absolute Gasteiger partial charge is 0.324 e. The average Bonchev–Trinajstić information content (AvgIpc) is 2.75. The van der Waals surface area contributed by atoms with Gasteiger partial charge < -0.3 is 5.73 Å². The van der Waals surface area contributed by atoms with E-state index in [0.29, 0.717) is 0 Å². The summed E-state index contributed by atoms with van der Waals surface area (Å²) in [5.74, 6) is 0.850. The maximum Gasteiger partial charge on any atom is 0.0297 e. The van der Waals surface area contributed by atoms with Gasteiger partial charge in [0.15, 0.2) is 0 Å². The molecule has 1 saturated carbocycles. The first-order chi connectivity index (χ1) is 9.74. The van der Waals surface area contributed by atoms with E-state index in [4.69, 9.17) is 5.73 Å². The summed E-state index contributed by atoms with van der Waals surface area (Å²) in [6.07, 6.45) is 11.9. The second-order valence-corrected chi connectivity index (χ2v) is 6.44. The lowest BCUT2D eigenvalue weighted by Gasteiger charge is -2.21. The van der Waals surface area contributed by atoms with Gasteiger partial charge in [-0.3, -0.25) is 0 Å². The fourth-order valence-electron chi connectivity index (χ4n) is 3.65. The molecule has 1 aliphatic rings. The van der Waals surface area contributed by atoms with Crippen molar-refractivity contribution in [2.24, 2.45) is 11.7 Å². The molecule has 1 aromatic rings. The first kappa shape index (κ1) is 15.6. The van der Waals surface area contributed by atoms with Crippen LogP contribution in [-0.4, -0.2) is 0 Å². The van der Waals surface area contributed by atoms with Crippen LogP contribution in [0.5, 0.6) is 0 Å². The maximum atomic E-state index is 6.49. The van der Waals surface area contributed by atoms with Gasteiger partial charge in [0.25, 0.3) is 0 Å². The number of hydrogen-bond acceptors (Lipinski definition) is 1. The molecule has 1 fully saturated rings. The molecule has 2 N–H and O–H groups in total. The Morgan fingerprint density at radius 3 is 2.25 bits per heavy atom. The Kier molecular flexibility index (Phi) is 6.09. The van der Waals surface area contributed by atoms with Crippen molar-refractivity contribution >= 4 is 0 Å². The molecule has 1 nitrogen and oxygen atoms in total. The Bertz CT molecular complexity index is 402. The Morgan fingerprint density at radius 2 is 1.65 bits per heavy atom. The van der Waals surface area contributed by atoms with Crippen LogP contribution in [0.15, 0.2) is 18.2 Å². The van der Waals surface area contributed by atoms with E-state index in [9.17, 15) is 0 Å². The van der Waals surface area contributed by atoms with Crippen LogP contribution in [0.25, 0.3) is 0 Å². The van der Waals surface area contributed by atoms with Gasteiger partial charge in [-0.2, -0.15) is 0 Å². The topological polar surface area (TPSA) is 26.0 Å². The molecule has 0 aliphatic heterocycles. The van der Waals surface area contributed by atoms with Gasteiger partial charge in [-0.25, -0.2) is 0 Å². The fraction of sp³-hybridized carbons (Fsp3) is 0.684. The van der Waals surface area contributed by atoms with E-state index in [-0.39, 0.29) is 6.04 Å². The third-order valence-corrected chi connectivity index (χ3v) is 4.98. The van der Waals surface area contributed by atoms with Gasteiger partial charge in [0.05, 0.1) is 0 Å². The predicted octanol–water partition coefficient (Wildman–Crippen LogP) is 5.17. The Balaban J connectivity index is 2.02. The number of nitrogens with two attached hydrogens (primary N) is 1. The van der Waals surface area contributed by atoms with Crippen molar-refractivity contribution in [3.63, 3.8) is 0 Å². The second kappa shape index (κ2) is 7.83. The standard InChI is InChI=1S/C19H31N/c1-3-16-11-12-18(14-17(16)4-2)19(20)13-15-9-7-5-6-8-10-15/h11-12,14-15,19H,3-10,13,20H2,1-2H3. The maximum absolute atomic E-state index is 6.49. The van der Waals surface area contributed by atoms with E-state index in [0.717, 1.165) is 18.8 Å². The minimum absolute atomic E-state index is 0.231. The molecule has 1 aliphatic carbocycles. The van der Waals surface area contributed by atoms with Gasteiger partial charge in [-0.05, 0) is 41.9 Å². The molecule has 20 heavy (non-hydrogen) atoms. The lowest BCUT2D eigenvalue weighted by atomic mass is 9.88. The van der Waals surface area contributed by atoms with E-state index >= 15 is 0 Å². The van der Waals surface area contributed by atoms with Crippen LogP contribution in [0, 0.1) is 5.92 Å². The predicted molar refractivity (Wildman–Crippen MR) is 87.9 cm³/mol. The molecule has 0 spiro atoms. The van der Waals surface area contributed by atoms with E-state index in [1.807, 2.05) is 0 Å². The third-order valence-electron chi connectivity index (χ3n) is 4.98. The molecular weight excluding hydrogens is 242 g/mol. The summed E-state index contributed by atoms with van der Waals surface area (Å²) in [6, 6.07) is 7.15. The first-order valence-electron chi connectivity index (χ1n) is 8.61. The monoisotopic (exact) mass is 273 g/mol. The van der Waals surface area contributed by atoms with Crippen LogP contribution in [0.4, 0.5) is 0 Å². The van der Waals surface area contributed by atoms with Crippen LogP contribution in [0.3, 0.4) is 0 Å². The van der Waals surface area contributed by atoms with Crippen LogP contribution in [0.2, 0.25) is 0 Å². The lowest BCUT2D eigenvalue weighted by Crippen LogP contribution is -2.16. The van der Waals surface area contributed by atoms with Crippen LogP contribution in [0.1, 0.15) is 81.5 Å². The van der Waals surface area contributed by atoms with Gasteiger partial charge in [0, 0.05) is 6.04 Å². The molecular formula is C19H31N. The van der Waals surface area contributed by atoms with E-state index in [1.165, 1.54) is 61.6 Å². The number of benzene rings is 1. The van der Waals surface area contributed by atoms with E-state index in [1.54, 1.807) is 0 Å².